The lowest BCUT2D eigenvalue weighted by Gasteiger charge is -2.12. The van der Waals surface area contributed by atoms with Crippen molar-refractivity contribution in [2.45, 2.75) is 52.5 Å². The van der Waals surface area contributed by atoms with Crippen LogP contribution < -0.4 is 5.32 Å². The zero-order chi connectivity index (χ0) is 11.7. The second-order valence-electron chi connectivity index (χ2n) is 3.92. The molecule has 1 aliphatic rings. The minimum absolute atomic E-state index is 0.224. The van der Waals surface area contributed by atoms with Crippen LogP contribution in [0.2, 0.25) is 0 Å². The molecule has 1 saturated heterocycles. The molecule has 0 bridgehead atoms. The Morgan fingerprint density at radius 3 is 2.60 bits per heavy atom. The average molecular weight is 214 g/mol. The number of nitrogens with zero attached hydrogens (tertiary/aromatic N) is 1. The van der Waals surface area contributed by atoms with Gasteiger partial charge in [-0.2, -0.15) is 0 Å². The van der Waals surface area contributed by atoms with E-state index >= 15 is 0 Å². The van der Waals surface area contributed by atoms with Crippen LogP contribution in [0.5, 0.6) is 0 Å². The van der Waals surface area contributed by atoms with Crippen molar-refractivity contribution < 1.29 is 4.79 Å². The summed E-state index contributed by atoms with van der Waals surface area (Å²) in [6, 6.07) is 0.398. The molecule has 0 saturated carbocycles. The molecule has 0 spiro atoms. The smallest absolute Gasteiger partial charge is 0.220 e. The van der Waals surface area contributed by atoms with Gasteiger partial charge in [-0.05, 0) is 26.4 Å². The summed E-state index contributed by atoms with van der Waals surface area (Å²) in [6.07, 6.45) is 3.90. The van der Waals surface area contributed by atoms with Gasteiger partial charge in [-0.15, -0.1) is 0 Å². The quantitative estimate of drug-likeness (QED) is 0.776. The molecule has 0 aromatic heterocycles. The summed E-state index contributed by atoms with van der Waals surface area (Å²) < 4.78 is 0. The molecule has 1 unspecified atom stereocenters. The molecule has 1 fully saturated rings. The van der Waals surface area contributed by atoms with Crippen molar-refractivity contribution in [3.8, 4) is 0 Å². The maximum atomic E-state index is 11.3. The molecule has 0 aromatic rings. The van der Waals surface area contributed by atoms with Crippen molar-refractivity contribution in [1.82, 2.24) is 10.2 Å². The molecule has 1 heterocycles. The summed E-state index contributed by atoms with van der Waals surface area (Å²) in [5.74, 6) is 0.224. The van der Waals surface area contributed by atoms with Crippen molar-refractivity contribution in [2.24, 2.45) is 0 Å². The molecule has 0 radical (unpaired) electrons. The highest BCUT2D eigenvalue weighted by atomic mass is 16.1. The van der Waals surface area contributed by atoms with Gasteiger partial charge in [0.15, 0.2) is 0 Å². The summed E-state index contributed by atoms with van der Waals surface area (Å²) in [7, 11) is 2.10. The van der Waals surface area contributed by atoms with Gasteiger partial charge in [0.05, 0.1) is 0 Å². The number of hydrogen-bond acceptors (Lipinski definition) is 2. The van der Waals surface area contributed by atoms with Crippen molar-refractivity contribution in [1.29, 1.82) is 0 Å². The van der Waals surface area contributed by atoms with E-state index in [1.165, 1.54) is 0 Å². The first-order valence-corrected chi connectivity index (χ1v) is 6.20. The number of carbonyl (C=O) groups is 1. The molecule has 1 N–H and O–H groups in total. The first-order chi connectivity index (χ1) is 7.22. The van der Waals surface area contributed by atoms with Crippen LogP contribution >= 0.6 is 0 Å². The Hall–Kier alpha value is -0.570. The monoisotopic (exact) mass is 214 g/mol. The predicted molar refractivity (Wildman–Crippen MR) is 64.9 cm³/mol. The van der Waals surface area contributed by atoms with E-state index in [-0.39, 0.29) is 5.91 Å². The number of likely N-dealkylation sites (tertiary alicyclic amines) is 1. The number of rotatable bonds is 4. The largest absolute Gasteiger partial charge is 0.352 e. The predicted octanol–water partition coefficient (Wildman–Crippen LogP) is 2.02. The number of amides is 1. The Morgan fingerprint density at radius 1 is 1.47 bits per heavy atom. The Kier molecular flexibility index (Phi) is 8.38. The van der Waals surface area contributed by atoms with E-state index < -0.39 is 0 Å². The maximum absolute atomic E-state index is 11.3. The molecule has 3 nitrogen and oxygen atoms in total. The summed E-state index contributed by atoms with van der Waals surface area (Å²) in [5.41, 5.74) is 0. The molecule has 1 rings (SSSR count). The minimum Gasteiger partial charge on any atom is -0.352 e. The van der Waals surface area contributed by atoms with Crippen LogP contribution in [-0.4, -0.2) is 37.0 Å². The van der Waals surface area contributed by atoms with E-state index in [2.05, 4.69) is 24.2 Å². The topological polar surface area (TPSA) is 32.3 Å². The van der Waals surface area contributed by atoms with Crippen molar-refractivity contribution in [2.75, 3.05) is 20.1 Å². The Balaban J connectivity index is 0.000000921. The van der Waals surface area contributed by atoms with E-state index in [9.17, 15) is 4.79 Å². The third-order valence-corrected chi connectivity index (χ3v) is 2.51. The maximum Gasteiger partial charge on any atom is 0.220 e. The molecule has 1 atom stereocenters. The summed E-state index contributed by atoms with van der Waals surface area (Å²) in [4.78, 5) is 13.6. The van der Waals surface area contributed by atoms with E-state index in [1.54, 1.807) is 0 Å². The van der Waals surface area contributed by atoms with Gasteiger partial charge in [-0.3, -0.25) is 4.79 Å². The first-order valence-electron chi connectivity index (χ1n) is 6.20. The first kappa shape index (κ1) is 14.4. The van der Waals surface area contributed by atoms with E-state index in [1.807, 2.05) is 13.8 Å². The number of carbonyl (C=O) groups excluding carboxylic acids is 1. The van der Waals surface area contributed by atoms with E-state index in [0.717, 1.165) is 32.4 Å². The molecule has 3 heteroatoms. The summed E-state index contributed by atoms with van der Waals surface area (Å²) >= 11 is 0. The van der Waals surface area contributed by atoms with E-state index in [4.69, 9.17) is 0 Å². The molecule has 1 aliphatic heterocycles. The van der Waals surface area contributed by atoms with Crippen LogP contribution in [0.25, 0.3) is 0 Å². The van der Waals surface area contributed by atoms with Crippen molar-refractivity contribution >= 4 is 5.91 Å². The lowest BCUT2D eigenvalue weighted by molar-refractivity contribution is -0.121. The van der Waals surface area contributed by atoms with Gasteiger partial charge in [-0.1, -0.05) is 27.2 Å². The van der Waals surface area contributed by atoms with Crippen LogP contribution in [0.4, 0.5) is 0 Å². The van der Waals surface area contributed by atoms with Gasteiger partial charge in [0.2, 0.25) is 5.91 Å². The highest BCUT2D eigenvalue weighted by Crippen LogP contribution is 2.06. The van der Waals surface area contributed by atoms with Crippen LogP contribution in [0.15, 0.2) is 0 Å². The fourth-order valence-corrected chi connectivity index (χ4v) is 1.69. The van der Waals surface area contributed by atoms with Crippen LogP contribution in [0.3, 0.4) is 0 Å². The Morgan fingerprint density at radius 2 is 2.13 bits per heavy atom. The zero-order valence-electron chi connectivity index (χ0n) is 10.7. The second-order valence-corrected chi connectivity index (χ2v) is 3.92. The lowest BCUT2D eigenvalue weighted by atomic mass is 10.2. The number of nitrogens with one attached hydrogen (secondary N) is 1. The normalized spacial score (nSPS) is 20.7. The third-order valence-electron chi connectivity index (χ3n) is 2.51. The minimum atomic E-state index is 0.224. The molecular weight excluding hydrogens is 188 g/mol. The number of unbranched alkanes of at least 4 members (excludes halogenated alkanes) is 1. The highest BCUT2D eigenvalue weighted by Gasteiger charge is 2.20. The molecule has 1 amide bonds. The van der Waals surface area contributed by atoms with Gasteiger partial charge in [0, 0.05) is 19.0 Å². The van der Waals surface area contributed by atoms with Crippen LogP contribution in [0.1, 0.15) is 46.5 Å². The fraction of sp³-hybridized carbons (Fsp3) is 0.917. The van der Waals surface area contributed by atoms with Gasteiger partial charge in [0.25, 0.3) is 0 Å². The standard InChI is InChI=1S/C10H20N2O.C2H6/c1-3-4-5-10(13)11-9-6-7-12(2)8-9;1-2/h9H,3-8H2,1-2H3,(H,11,13);1-2H3. The van der Waals surface area contributed by atoms with Crippen molar-refractivity contribution in [3.63, 3.8) is 0 Å². The highest BCUT2D eigenvalue weighted by molar-refractivity contribution is 5.76. The lowest BCUT2D eigenvalue weighted by Crippen LogP contribution is -2.36. The number of likely N-dealkylation sites (N-methyl/N-ethyl adjacent to an activating group) is 1. The molecule has 90 valence electrons. The molecule has 0 aliphatic carbocycles. The third kappa shape index (κ3) is 6.50. The molecule has 15 heavy (non-hydrogen) atoms. The second kappa shape index (κ2) is 8.72. The summed E-state index contributed by atoms with van der Waals surface area (Å²) in [5, 5.41) is 3.06. The molecule has 0 aromatic carbocycles. The number of hydrogen-bond donors (Lipinski definition) is 1. The van der Waals surface area contributed by atoms with Gasteiger partial charge >= 0.3 is 0 Å². The van der Waals surface area contributed by atoms with E-state index in [0.29, 0.717) is 12.5 Å². The van der Waals surface area contributed by atoms with Gasteiger partial charge in [0.1, 0.15) is 0 Å². The fourth-order valence-electron chi connectivity index (χ4n) is 1.69. The summed E-state index contributed by atoms with van der Waals surface area (Å²) in [6.45, 7) is 8.23. The van der Waals surface area contributed by atoms with Crippen molar-refractivity contribution in [3.05, 3.63) is 0 Å². The van der Waals surface area contributed by atoms with Crippen LogP contribution in [-0.2, 0) is 4.79 Å². The molecular formula is C12H26N2O. The Labute approximate surface area is 94.2 Å². The average Bonchev–Trinajstić information content (AvgIpc) is 2.64. The van der Waals surface area contributed by atoms with Gasteiger partial charge < -0.3 is 10.2 Å². The van der Waals surface area contributed by atoms with Gasteiger partial charge in [-0.25, -0.2) is 0 Å². The Bertz CT molecular complexity index is 171. The zero-order valence-corrected chi connectivity index (χ0v) is 10.7. The SMILES string of the molecule is CC.CCCCC(=O)NC1CCN(C)C1. The van der Waals surface area contributed by atoms with Crippen LogP contribution in [0, 0.1) is 0 Å².